The maximum Gasteiger partial charge on any atom is 0.168 e. The molecule has 17 heavy (non-hydrogen) atoms. The van der Waals surface area contributed by atoms with Gasteiger partial charge in [-0.15, -0.1) is 0 Å². The van der Waals surface area contributed by atoms with Gasteiger partial charge in [0.1, 0.15) is 11.6 Å². The lowest BCUT2D eigenvalue weighted by molar-refractivity contribution is 0.440. The molecule has 0 aliphatic carbocycles. The van der Waals surface area contributed by atoms with Crippen LogP contribution in [0.15, 0.2) is 36.5 Å². The minimum atomic E-state index is -0.338. The van der Waals surface area contributed by atoms with Crippen molar-refractivity contribution < 1.29 is 9.13 Å². The van der Waals surface area contributed by atoms with E-state index in [-0.39, 0.29) is 11.6 Å². The molecule has 2 aromatic rings. The van der Waals surface area contributed by atoms with Crippen LogP contribution in [0.2, 0.25) is 0 Å². The van der Waals surface area contributed by atoms with Gasteiger partial charge in [-0.05, 0) is 24.6 Å². The Labute approximate surface area is 99.3 Å². The van der Waals surface area contributed by atoms with Crippen molar-refractivity contribution in [3.8, 4) is 11.5 Å². The molecule has 1 heterocycles. The van der Waals surface area contributed by atoms with Gasteiger partial charge >= 0.3 is 0 Å². The summed E-state index contributed by atoms with van der Waals surface area (Å²) in [4.78, 5) is 4.05. The number of hydrogen-bond donors (Lipinski definition) is 1. The predicted molar refractivity (Wildman–Crippen MR) is 65.0 cm³/mol. The second-order valence-corrected chi connectivity index (χ2v) is 3.62. The first-order valence-electron chi connectivity index (χ1n) is 5.27. The lowest BCUT2D eigenvalue weighted by Crippen LogP contribution is -1.94. The summed E-state index contributed by atoms with van der Waals surface area (Å²) in [6.45, 7) is 1.70. The Morgan fingerprint density at radius 2 is 2.12 bits per heavy atom. The summed E-state index contributed by atoms with van der Waals surface area (Å²) in [5.41, 5.74) is 0.561. The minimum Gasteiger partial charge on any atom is -0.454 e. The largest absolute Gasteiger partial charge is 0.454 e. The zero-order chi connectivity index (χ0) is 12.3. The molecule has 0 aliphatic rings. The molecule has 4 heteroatoms. The smallest absolute Gasteiger partial charge is 0.168 e. The van der Waals surface area contributed by atoms with Gasteiger partial charge in [-0.2, -0.15) is 0 Å². The van der Waals surface area contributed by atoms with Crippen molar-refractivity contribution >= 4 is 5.82 Å². The van der Waals surface area contributed by atoms with Gasteiger partial charge in [-0.3, -0.25) is 0 Å². The van der Waals surface area contributed by atoms with Crippen molar-refractivity contribution in [2.24, 2.45) is 0 Å². The number of nitrogens with zero attached hydrogens (tertiary/aromatic N) is 1. The number of aromatic nitrogens is 1. The first kappa shape index (κ1) is 11.4. The van der Waals surface area contributed by atoms with Crippen LogP contribution in [-0.2, 0) is 0 Å². The van der Waals surface area contributed by atoms with E-state index in [1.807, 2.05) is 0 Å². The van der Waals surface area contributed by atoms with Crippen molar-refractivity contribution in [2.75, 3.05) is 12.4 Å². The van der Waals surface area contributed by atoms with Crippen LogP contribution in [0, 0.1) is 12.7 Å². The Kier molecular flexibility index (Phi) is 3.23. The molecule has 0 saturated heterocycles. The van der Waals surface area contributed by atoms with E-state index in [0.29, 0.717) is 17.1 Å². The van der Waals surface area contributed by atoms with Crippen molar-refractivity contribution in [1.29, 1.82) is 0 Å². The van der Waals surface area contributed by atoms with Crippen molar-refractivity contribution in [3.05, 3.63) is 47.9 Å². The van der Waals surface area contributed by atoms with E-state index < -0.39 is 0 Å². The molecule has 0 bridgehead atoms. The normalized spacial score (nSPS) is 10.1. The number of aryl methyl sites for hydroxylation is 1. The molecule has 1 aromatic carbocycles. The molecule has 0 saturated carbocycles. The molecular weight excluding hydrogens is 219 g/mol. The fourth-order valence-electron chi connectivity index (χ4n) is 1.44. The summed E-state index contributed by atoms with van der Waals surface area (Å²) in [6.07, 6.45) is 1.61. The quantitative estimate of drug-likeness (QED) is 0.881. The lowest BCUT2D eigenvalue weighted by Gasteiger charge is -2.08. The standard InChI is InChI=1S/C13H13FN2O/c1-9-4-3-5-11(13(9)14)17-10-6-7-16-12(8-10)15-2/h3-8H,1-2H3,(H,15,16). The van der Waals surface area contributed by atoms with Gasteiger partial charge < -0.3 is 10.1 Å². The number of nitrogens with one attached hydrogen (secondary N) is 1. The minimum absolute atomic E-state index is 0.221. The molecule has 3 nitrogen and oxygen atoms in total. The molecule has 0 unspecified atom stereocenters. The molecule has 0 amide bonds. The van der Waals surface area contributed by atoms with E-state index in [0.717, 1.165) is 0 Å². The molecular formula is C13H13FN2O. The van der Waals surface area contributed by atoms with Gasteiger partial charge in [0.25, 0.3) is 0 Å². The third-order valence-electron chi connectivity index (χ3n) is 2.37. The topological polar surface area (TPSA) is 34.1 Å². The van der Waals surface area contributed by atoms with E-state index in [9.17, 15) is 4.39 Å². The molecule has 88 valence electrons. The van der Waals surface area contributed by atoms with Crippen LogP contribution in [0.4, 0.5) is 10.2 Å². The molecule has 0 aliphatic heterocycles. The van der Waals surface area contributed by atoms with Gasteiger partial charge in [0.05, 0.1) is 0 Å². The molecule has 0 fully saturated rings. The molecule has 0 radical (unpaired) electrons. The summed E-state index contributed by atoms with van der Waals surface area (Å²) in [7, 11) is 1.76. The van der Waals surface area contributed by atoms with Crippen molar-refractivity contribution in [2.45, 2.75) is 6.92 Å². The van der Waals surface area contributed by atoms with Crippen LogP contribution >= 0.6 is 0 Å². The van der Waals surface area contributed by atoms with Crippen LogP contribution in [0.25, 0.3) is 0 Å². The average Bonchev–Trinajstić information content (AvgIpc) is 2.35. The van der Waals surface area contributed by atoms with E-state index in [4.69, 9.17) is 4.74 Å². The highest BCUT2D eigenvalue weighted by Gasteiger charge is 2.07. The summed E-state index contributed by atoms with van der Waals surface area (Å²) in [5, 5.41) is 2.89. The first-order chi connectivity index (χ1) is 8.20. The third kappa shape index (κ3) is 2.53. The number of rotatable bonds is 3. The Bertz CT molecular complexity index is 529. The lowest BCUT2D eigenvalue weighted by atomic mass is 10.2. The van der Waals surface area contributed by atoms with E-state index >= 15 is 0 Å². The maximum atomic E-state index is 13.7. The highest BCUT2D eigenvalue weighted by Crippen LogP contribution is 2.26. The Balaban J connectivity index is 2.28. The molecule has 0 atom stereocenters. The van der Waals surface area contributed by atoms with Crippen LogP contribution in [-0.4, -0.2) is 12.0 Å². The summed E-state index contributed by atoms with van der Waals surface area (Å²) < 4.78 is 19.2. The van der Waals surface area contributed by atoms with Crippen LogP contribution in [0.1, 0.15) is 5.56 Å². The second-order valence-electron chi connectivity index (χ2n) is 3.62. The van der Waals surface area contributed by atoms with Gasteiger partial charge in [-0.25, -0.2) is 9.37 Å². The van der Waals surface area contributed by atoms with Gasteiger partial charge in [0, 0.05) is 19.3 Å². The Morgan fingerprint density at radius 3 is 2.88 bits per heavy atom. The third-order valence-corrected chi connectivity index (χ3v) is 2.37. The van der Waals surface area contributed by atoms with Gasteiger partial charge in [0.2, 0.25) is 0 Å². The summed E-state index contributed by atoms with van der Waals surface area (Å²) in [5.74, 6) is 1.11. The SMILES string of the molecule is CNc1cc(Oc2cccc(C)c2F)ccn1. The maximum absolute atomic E-state index is 13.7. The van der Waals surface area contributed by atoms with E-state index in [1.54, 1.807) is 50.5 Å². The Morgan fingerprint density at radius 1 is 1.29 bits per heavy atom. The summed E-state index contributed by atoms with van der Waals surface area (Å²) >= 11 is 0. The number of hydrogen-bond acceptors (Lipinski definition) is 3. The monoisotopic (exact) mass is 232 g/mol. The van der Waals surface area contributed by atoms with E-state index in [1.165, 1.54) is 0 Å². The number of ether oxygens (including phenoxy) is 1. The predicted octanol–water partition coefficient (Wildman–Crippen LogP) is 3.36. The van der Waals surface area contributed by atoms with Crippen LogP contribution < -0.4 is 10.1 Å². The fraction of sp³-hybridized carbons (Fsp3) is 0.154. The van der Waals surface area contributed by atoms with Gasteiger partial charge in [0.15, 0.2) is 11.6 Å². The number of halogens is 1. The number of anilines is 1. The van der Waals surface area contributed by atoms with Crippen molar-refractivity contribution in [1.82, 2.24) is 4.98 Å². The zero-order valence-electron chi connectivity index (χ0n) is 9.70. The number of benzene rings is 1. The average molecular weight is 232 g/mol. The molecule has 1 aromatic heterocycles. The van der Waals surface area contributed by atoms with Gasteiger partial charge in [-0.1, -0.05) is 12.1 Å². The first-order valence-corrected chi connectivity index (χ1v) is 5.27. The zero-order valence-corrected chi connectivity index (χ0v) is 9.70. The fourth-order valence-corrected chi connectivity index (χ4v) is 1.44. The molecule has 1 N–H and O–H groups in total. The number of pyridine rings is 1. The molecule has 2 rings (SSSR count). The second kappa shape index (κ2) is 4.82. The highest BCUT2D eigenvalue weighted by atomic mass is 19.1. The molecule has 0 spiro atoms. The van der Waals surface area contributed by atoms with E-state index in [2.05, 4.69) is 10.3 Å². The van der Waals surface area contributed by atoms with Crippen LogP contribution in [0.5, 0.6) is 11.5 Å². The summed E-state index contributed by atoms with van der Waals surface area (Å²) in [6, 6.07) is 8.45. The van der Waals surface area contributed by atoms with Crippen LogP contribution in [0.3, 0.4) is 0 Å². The Hall–Kier alpha value is -2.10. The van der Waals surface area contributed by atoms with Crippen molar-refractivity contribution in [3.63, 3.8) is 0 Å². The highest BCUT2D eigenvalue weighted by molar-refractivity contribution is 5.42.